The molecular formula is C11H16N2O5S. The molecule has 1 rings (SSSR count). The molecule has 0 saturated carbocycles. The molecule has 0 aromatic carbocycles. The van der Waals surface area contributed by atoms with Crippen molar-refractivity contribution in [3.63, 3.8) is 0 Å². The highest BCUT2D eigenvalue weighted by molar-refractivity contribution is 7.89. The lowest BCUT2D eigenvalue weighted by molar-refractivity contribution is 0.0696. The van der Waals surface area contributed by atoms with E-state index in [1.807, 2.05) is 0 Å². The average molecular weight is 288 g/mol. The van der Waals surface area contributed by atoms with Gasteiger partial charge in [0.1, 0.15) is 0 Å². The number of sulfonamides is 1. The van der Waals surface area contributed by atoms with Crippen molar-refractivity contribution in [3.05, 3.63) is 23.9 Å². The van der Waals surface area contributed by atoms with Crippen molar-refractivity contribution in [2.24, 2.45) is 0 Å². The number of aromatic nitrogens is 1. The maximum Gasteiger partial charge on any atom is 0.337 e. The van der Waals surface area contributed by atoms with Gasteiger partial charge in [0, 0.05) is 18.8 Å². The molecule has 106 valence electrons. The monoisotopic (exact) mass is 288 g/mol. The van der Waals surface area contributed by atoms with Gasteiger partial charge in [-0.25, -0.2) is 22.9 Å². The standard InChI is InChI=1S/C11H16N2O5S/c1-8(3-2-6-14)13-19(17,18)10-5-4-9(7-12-10)11(15)16/h4-5,7-8,13-14H,2-3,6H2,1H3,(H,15,16). The van der Waals surface area contributed by atoms with Gasteiger partial charge in [0.2, 0.25) is 0 Å². The summed E-state index contributed by atoms with van der Waals surface area (Å²) in [5, 5.41) is 17.1. The van der Waals surface area contributed by atoms with Crippen molar-refractivity contribution in [2.75, 3.05) is 6.61 Å². The van der Waals surface area contributed by atoms with E-state index in [1.165, 1.54) is 6.07 Å². The van der Waals surface area contributed by atoms with Gasteiger partial charge in [0.15, 0.2) is 5.03 Å². The van der Waals surface area contributed by atoms with Gasteiger partial charge in [-0.15, -0.1) is 0 Å². The van der Waals surface area contributed by atoms with Gasteiger partial charge in [-0.05, 0) is 31.9 Å². The Balaban J connectivity index is 2.79. The molecule has 1 heterocycles. The van der Waals surface area contributed by atoms with Crippen LogP contribution in [0.5, 0.6) is 0 Å². The molecule has 8 heteroatoms. The number of rotatable bonds is 7. The molecule has 0 radical (unpaired) electrons. The Hall–Kier alpha value is -1.51. The highest BCUT2D eigenvalue weighted by Gasteiger charge is 2.19. The van der Waals surface area contributed by atoms with Gasteiger partial charge in [0.05, 0.1) is 5.56 Å². The topological polar surface area (TPSA) is 117 Å². The molecule has 3 N–H and O–H groups in total. The fourth-order valence-corrected chi connectivity index (χ4v) is 2.65. The lowest BCUT2D eigenvalue weighted by atomic mass is 10.2. The molecule has 0 aliphatic carbocycles. The van der Waals surface area contributed by atoms with E-state index in [-0.39, 0.29) is 23.2 Å². The summed E-state index contributed by atoms with van der Waals surface area (Å²) in [6.07, 6.45) is 1.99. The quantitative estimate of drug-likeness (QED) is 0.660. The van der Waals surface area contributed by atoms with E-state index in [1.54, 1.807) is 6.92 Å². The Morgan fingerprint density at radius 1 is 1.47 bits per heavy atom. The minimum absolute atomic E-state index is 0.00235. The van der Waals surface area contributed by atoms with Gasteiger partial charge in [0.25, 0.3) is 10.0 Å². The van der Waals surface area contributed by atoms with E-state index in [9.17, 15) is 13.2 Å². The number of aromatic carboxylic acids is 1. The molecular weight excluding hydrogens is 272 g/mol. The van der Waals surface area contributed by atoms with Gasteiger partial charge in [-0.3, -0.25) is 0 Å². The summed E-state index contributed by atoms with van der Waals surface area (Å²) in [6, 6.07) is 1.99. The average Bonchev–Trinajstić information content (AvgIpc) is 2.36. The van der Waals surface area contributed by atoms with Gasteiger partial charge in [-0.2, -0.15) is 0 Å². The van der Waals surface area contributed by atoms with Gasteiger partial charge >= 0.3 is 5.97 Å². The molecule has 0 amide bonds. The summed E-state index contributed by atoms with van der Waals surface area (Å²) in [7, 11) is -3.77. The zero-order valence-electron chi connectivity index (χ0n) is 10.4. The number of pyridine rings is 1. The SMILES string of the molecule is CC(CCCO)NS(=O)(=O)c1ccc(C(=O)O)cn1. The first kappa shape index (κ1) is 15.5. The normalized spacial score (nSPS) is 13.2. The number of carboxylic acid groups (broad SMARTS) is 1. The molecule has 1 aromatic heterocycles. The number of nitrogens with one attached hydrogen (secondary N) is 1. The number of carbonyl (C=O) groups is 1. The molecule has 1 unspecified atom stereocenters. The number of hydrogen-bond acceptors (Lipinski definition) is 5. The molecule has 7 nitrogen and oxygen atoms in total. The van der Waals surface area contributed by atoms with Crippen molar-refractivity contribution in [3.8, 4) is 0 Å². The summed E-state index contributed by atoms with van der Waals surface area (Å²) in [5.41, 5.74) is -0.0766. The van der Waals surface area contributed by atoms with E-state index < -0.39 is 16.0 Å². The molecule has 0 spiro atoms. The number of aliphatic hydroxyl groups is 1. The van der Waals surface area contributed by atoms with Gasteiger partial charge in [-0.1, -0.05) is 0 Å². The third kappa shape index (κ3) is 4.58. The third-order valence-corrected chi connectivity index (χ3v) is 3.92. The Morgan fingerprint density at radius 3 is 2.63 bits per heavy atom. The Bertz CT molecular complexity index is 527. The van der Waals surface area contributed by atoms with E-state index >= 15 is 0 Å². The predicted octanol–water partition coefficient (Wildman–Crippen LogP) is 0.219. The van der Waals surface area contributed by atoms with Crippen LogP contribution in [0.1, 0.15) is 30.1 Å². The molecule has 1 atom stereocenters. The second-order valence-electron chi connectivity index (χ2n) is 4.08. The zero-order chi connectivity index (χ0) is 14.5. The third-order valence-electron chi connectivity index (χ3n) is 2.41. The highest BCUT2D eigenvalue weighted by atomic mass is 32.2. The maximum atomic E-state index is 11.9. The highest BCUT2D eigenvalue weighted by Crippen LogP contribution is 2.08. The molecule has 0 saturated heterocycles. The molecule has 0 aliphatic rings. The fraction of sp³-hybridized carbons (Fsp3) is 0.455. The van der Waals surface area contributed by atoms with Crippen LogP contribution in [0.25, 0.3) is 0 Å². The summed E-state index contributed by atoms with van der Waals surface area (Å²) < 4.78 is 26.2. The Kier molecular flexibility index (Phi) is 5.40. The Labute approximate surface area is 111 Å². The summed E-state index contributed by atoms with van der Waals surface area (Å²) in [6.45, 7) is 1.68. The largest absolute Gasteiger partial charge is 0.478 e. The maximum absolute atomic E-state index is 11.9. The number of hydrogen-bond donors (Lipinski definition) is 3. The van der Waals surface area contributed by atoms with E-state index in [2.05, 4.69) is 9.71 Å². The fourth-order valence-electron chi connectivity index (χ4n) is 1.45. The van der Waals surface area contributed by atoms with Crippen LogP contribution in [-0.2, 0) is 10.0 Å². The number of nitrogens with zero attached hydrogens (tertiary/aromatic N) is 1. The minimum atomic E-state index is -3.77. The number of aliphatic hydroxyl groups excluding tert-OH is 1. The van der Waals surface area contributed by atoms with E-state index in [0.29, 0.717) is 12.8 Å². The van der Waals surface area contributed by atoms with Crippen LogP contribution in [0.3, 0.4) is 0 Å². The first-order valence-electron chi connectivity index (χ1n) is 5.69. The second kappa shape index (κ2) is 6.60. The van der Waals surface area contributed by atoms with Crippen molar-refractivity contribution in [2.45, 2.75) is 30.8 Å². The van der Waals surface area contributed by atoms with Crippen LogP contribution in [0.4, 0.5) is 0 Å². The van der Waals surface area contributed by atoms with Crippen LogP contribution < -0.4 is 4.72 Å². The molecule has 0 fully saturated rings. The smallest absolute Gasteiger partial charge is 0.337 e. The molecule has 19 heavy (non-hydrogen) atoms. The van der Waals surface area contributed by atoms with Crippen molar-refractivity contribution >= 4 is 16.0 Å². The van der Waals surface area contributed by atoms with Crippen molar-refractivity contribution in [1.82, 2.24) is 9.71 Å². The van der Waals surface area contributed by atoms with E-state index in [4.69, 9.17) is 10.2 Å². The van der Waals surface area contributed by atoms with Gasteiger partial charge < -0.3 is 10.2 Å². The minimum Gasteiger partial charge on any atom is -0.478 e. The number of carboxylic acids is 1. The Morgan fingerprint density at radius 2 is 2.16 bits per heavy atom. The van der Waals surface area contributed by atoms with Crippen molar-refractivity contribution < 1.29 is 23.4 Å². The van der Waals surface area contributed by atoms with E-state index in [0.717, 1.165) is 12.3 Å². The summed E-state index contributed by atoms with van der Waals surface area (Å²) >= 11 is 0. The van der Waals surface area contributed by atoms with Crippen LogP contribution in [0, 0.1) is 0 Å². The lowest BCUT2D eigenvalue weighted by Gasteiger charge is -2.13. The zero-order valence-corrected chi connectivity index (χ0v) is 11.2. The summed E-state index contributed by atoms with van der Waals surface area (Å²) in [5.74, 6) is -1.17. The van der Waals surface area contributed by atoms with Crippen LogP contribution in [0.15, 0.2) is 23.4 Å². The van der Waals surface area contributed by atoms with Crippen LogP contribution >= 0.6 is 0 Å². The van der Waals surface area contributed by atoms with Crippen LogP contribution in [0.2, 0.25) is 0 Å². The molecule has 1 aromatic rings. The molecule has 0 aliphatic heterocycles. The lowest BCUT2D eigenvalue weighted by Crippen LogP contribution is -2.33. The predicted molar refractivity (Wildman–Crippen MR) is 67.3 cm³/mol. The molecule has 0 bridgehead atoms. The summed E-state index contributed by atoms with van der Waals surface area (Å²) in [4.78, 5) is 14.3. The first-order chi connectivity index (χ1) is 8.86. The van der Waals surface area contributed by atoms with Crippen molar-refractivity contribution in [1.29, 1.82) is 0 Å². The second-order valence-corrected chi connectivity index (χ2v) is 5.74. The van der Waals surface area contributed by atoms with Crippen LogP contribution in [-0.4, -0.2) is 42.2 Å². The first-order valence-corrected chi connectivity index (χ1v) is 7.17.